The fourth-order valence-electron chi connectivity index (χ4n) is 3.49. The number of ketones is 2. The standard InChI is InChI=1S/C18H17NO4/c20-9-3-7-19-8-6-13-14(10-19)23-18-12-5-2-1-4-11(12)16(21)17(22)15(13)18/h1-2,4-5,20H,3,6-10H2. The second-order valence-corrected chi connectivity index (χ2v) is 6.02. The Morgan fingerprint density at radius 1 is 1.13 bits per heavy atom. The lowest BCUT2D eigenvalue weighted by Crippen LogP contribution is -2.32. The first-order valence-electron chi connectivity index (χ1n) is 7.87. The highest BCUT2D eigenvalue weighted by atomic mass is 16.3. The monoisotopic (exact) mass is 311 g/mol. The van der Waals surface area contributed by atoms with Gasteiger partial charge in [-0.15, -0.1) is 0 Å². The summed E-state index contributed by atoms with van der Waals surface area (Å²) in [6, 6.07) is 7.11. The Morgan fingerprint density at radius 3 is 2.70 bits per heavy atom. The van der Waals surface area contributed by atoms with E-state index >= 15 is 0 Å². The van der Waals surface area contributed by atoms with E-state index in [-0.39, 0.29) is 6.61 Å². The maximum Gasteiger partial charge on any atom is 0.237 e. The number of carbonyl (C=O) groups is 2. The van der Waals surface area contributed by atoms with Gasteiger partial charge in [0.25, 0.3) is 0 Å². The van der Waals surface area contributed by atoms with Crippen LogP contribution in [-0.2, 0) is 13.0 Å². The van der Waals surface area contributed by atoms with Gasteiger partial charge < -0.3 is 9.52 Å². The molecule has 1 aromatic carbocycles. The van der Waals surface area contributed by atoms with Crippen LogP contribution >= 0.6 is 0 Å². The van der Waals surface area contributed by atoms with Gasteiger partial charge in [0, 0.05) is 36.4 Å². The van der Waals surface area contributed by atoms with Crippen LogP contribution in [0, 0.1) is 0 Å². The fourth-order valence-corrected chi connectivity index (χ4v) is 3.49. The minimum atomic E-state index is -0.451. The van der Waals surface area contributed by atoms with E-state index in [1.54, 1.807) is 12.1 Å². The smallest absolute Gasteiger partial charge is 0.237 e. The van der Waals surface area contributed by atoms with Crippen LogP contribution in [0.3, 0.4) is 0 Å². The quantitative estimate of drug-likeness (QED) is 0.879. The molecule has 2 aliphatic rings. The summed E-state index contributed by atoms with van der Waals surface area (Å²) in [4.78, 5) is 27.0. The van der Waals surface area contributed by atoms with Crippen LogP contribution in [0.2, 0.25) is 0 Å². The zero-order chi connectivity index (χ0) is 16.0. The highest BCUT2D eigenvalue weighted by molar-refractivity contribution is 6.53. The fraction of sp³-hybridized carbons (Fsp3) is 0.333. The topological polar surface area (TPSA) is 70.8 Å². The van der Waals surface area contributed by atoms with E-state index < -0.39 is 11.6 Å². The molecule has 0 unspecified atom stereocenters. The lowest BCUT2D eigenvalue weighted by molar-refractivity contribution is 0.0814. The molecule has 5 heteroatoms. The van der Waals surface area contributed by atoms with Crippen LogP contribution < -0.4 is 0 Å². The van der Waals surface area contributed by atoms with Crippen LogP contribution in [0.5, 0.6) is 0 Å². The number of Topliss-reactive ketones (excluding diaryl/α,β-unsaturated/α-hetero) is 2. The molecule has 2 heterocycles. The third-order valence-electron chi connectivity index (χ3n) is 4.62. The lowest BCUT2D eigenvalue weighted by atomic mass is 9.85. The van der Waals surface area contributed by atoms with E-state index in [9.17, 15) is 9.59 Å². The number of hydrogen-bond acceptors (Lipinski definition) is 5. The van der Waals surface area contributed by atoms with Crippen molar-refractivity contribution in [2.45, 2.75) is 19.4 Å². The highest BCUT2D eigenvalue weighted by Gasteiger charge is 2.38. The molecule has 1 aliphatic carbocycles. The van der Waals surface area contributed by atoms with Gasteiger partial charge >= 0.3 is 0 Å². The van der Waals surface area contributed by atoms with Gasteiger partial charge in [0.1, 0.15) is 11.5 Å². The van der Waals surface area contributed by atoms with Crippen LogP contribution in [0.4, 0.5) is 0 Å². The first kappa shape index (κ1) is 14.4. The van der Waals surface area contributed by atoms with E-state index in [0.717, 1.165) is 30.8 Å². The van der Waals surface area contributed by atoms with Gasteiger partial charge in [-0.25, -0.2) is 0 Å². The van der Waals surface area contributed by atoms with Gasteiger partial charge in [-0.2, -0.15) is 0 Å². The van der Waals surface area contributed by atoms with E-state index in [4.69, 9.17) is 9.52 Å². The lowest BCUT2D eigenvalue weighted by Gasteiger charge is -2.25. The number of aliphatic hydroxyl groups is 1. The number of hydrogen-bond donors (Lipinski definition) is 1. The summed E-state index contributed by atoms with van der Waals surface area (Å²) in [7, 11) is 0. The molecule has 118 valence electrons. The van der Waals surface area contributed by atoms with E-state index in [1.807, 2.05) is 12.1 Å². The zero-order valence-electron chi connectivity index (χ0n) is 12.7. The Balaban J connectivity index is 1.79. The molecule has 5 nitrogen and oxygen atoms in total. The van der Waals surface area contributed by atoms with Crippen LogP contribution in [0.1, 0.15) is 38.5 Å². The normalized spacial score (nSPS) is 16.9. The van der Waals surface area contributed by atoms with E-state index in [0.29, 0.717) is 35.4 Å². The molecule has 0 amide bonds. The molecule has 0 saturated heterocycles. The molecule has 0 spiro atoms. The van der Waals surface area contributed by atoms with Crippen LogP contribution in [0.15, 0.2) is 28.7 Å². The number of carbonyl (C=O) groups excluding carboxylic acids is 2. The van der Waals surface area contributed by atoms with Crippen LogP contribution in [-0.4, -0.2) is 41.3 Å². The summed E-state index contributed by atoms with van der Waals surface area (Å²) in [6.07, 6.45) is 1.41. The first-order chi connectivity index (χ1) is 11.2. The maximum absolute atomic E-state index is 12.5. The van der Waals surface area contributed by atoms with Gasteiger partial charge in [-0.1, -0.05) is 24.3 Å². The number of fused-ring (bicyclic) bond motifs is 5. The Kier molecular flexibility index (Phi) is 3.39. The van der Waals surface area contributed by atoms with Crippen molar-refractivity contribution >= 4 is 11.6 Å². The third kappa shape index (κ3) is 2.16. The summed E-state index contributed by atoms with van der Waals surface area (Å²) in [5.74, 6) is 0.420. The molecule has 0 saturated carbocycles. The van der Waals surface area contributed by atoms with Crippen molar-refractivity contribution in [1.82, 2.24) is 4.90 Å². The van der Waals surface area contributed by atoms with Gasteiger partial charge in [-0.05, 0) is 12.8 Å². The molecule has 0 bridgehead atoms. The number of nitrogens with zero attached hydrogens (tertiary/aromatic N) is 1. The highest BCUT2D eigenvalue weighted by Crippen LogP contribution is 2.40. The Bertz CT molecular complexity index is 805. The Morgan fingerprint density at radius 2 is 1.91 bits per heavy atom. The van der Waals surface area contributed by atoms with Gasteiger partial charge in [0.05, 0.1) is 12.1 Å². The van der Waals surface area contributed by atoms with Crippen LogP contribution in [0.25, 0.3) is 11.3 Å². The second kappa shape index (κ2) is 5.44. The minimum Gasteiger partial charge on any atom is -0.459 e. The van der Waals surface area contributed by atoms with Crippen molar-refractivity contribution < 1.29 is 19.1 Å². The summed E-state index contributed by atoms with van der Waals surface area (Å²) >= 11 is 0. The third-order valence-corrected chi connectivity index (χ3v) is 4.62. The van der Waals surface area contributed by atoms with Gasteiger partial charge in [0.2, 0.25) is 11.6 Å². The second-order valence-electron chi connectivity index (χ2n) is 6.02. The Hall–Kier alpha value is -2.24. The molecule has 1 aliphatic heterocycles. The van der Waals surface area contributed by atoms with E-state index in [1.165, 1.54) is 0 Å². The number of benzene rings is 1. The van der Waals surface area contributed by atoms with Crippen molar-refractivity contribution in [3.8, 4) is 11.3 Å². The molecule has 1 aromatic heterocycles. The molecule has 0 fully saturated rings. The molecule has 0 radical (unpaired) electrons. The van der Waals surface area contributed by atoms with Crippen molar-refractivity contribution in [2.75, 3.05) is 19.7 Å². The summed E-state index contributed by atoms with van der Waals surface area (Å²) in [5.41, 5.74) is 2.48. The predicted molar refractivity (Wildman–Crippen MR) is 83.5 cm³/mol. The molecule has 2 aromatic rings. The minimum absolute atomic E-state index is 0.165. The molecule has 1 N–H and O–H groups in total. The molecule has 0 atom stereocenters. The van der Waals surface area contributed by atoms with Crippen molar-refractivity contribution in [2.24, 2.45) is 0 Å². The number of aliphatic hydroxyl groups excluding tert-OH is 1. The summed E-state index contributed by atoms with van der Waals surface area (Å²) in [5, 5.41) is 8.97. The number of rotatable bonds is 3. The predicted octanol–water partition coefficient (Wildman–Crippen LogP) is 2.07. The zero-order valence-corrected chi connectivity index (χ0v) is 12.7. The summed E-state index contributed by atoms with van der Waals surface area (Å²) < 4.78 is 6.01. The maximum atomic E-state index is 12.5. The van der Waals surface area contributed by atoms with Gasteiger partial charge in [0.15, 0.2) is 0 Å². The van der Waals surface area contributed by atoms with E-state index in [2.05, 4.69) is 4.90 Å². The van der Waals surface area contributed by atoms with Crippen molar-refractivity contribution in [3.63, 3.8) is 0 Å². The molecule has 4 rings (SSSR count). The molecular weight excluding hydrogens is 294 g/mol. The SMILES string of the molecule is O=C1C(=O)c2c(oc3c2CCN(CCCO)C3)-c2ccccc21. The largest absolute Gasteiger partial charge is 0.459 e. The number of furan rings is 1. The summed E-state index contributed by atoms with van der Waals surface area (Å²) in [6.45, 7) is 2.39. The average molecular weight is 311 g/mol. The Labute approximate surface area is 133 Å². The van der Waals surface area contributed by atoms with Crippen molar-refractivity contribution in [3.05, 3.63) is 46.7 Å². The molecule has 23 heavy (non-hydrogen) atoms. The van der Waals surface area contributed by atoms with Gasteiger partial charge in [-0.3, -0.25) is 14.5 Å². The molecular formula is C18H17NO4. The first-order valence-corrected chi connectivity index (χ1v) is 7.87. The van der Waals surface area contributed by atoms with Crippen molar-refractivity contribution in [1.29, 1.82) is 0 Å². The average Bonchev–Trinajstić information content (AvgIpc) is 2.96.